The Morgan fingerprint density at radius 2 is 0.862 bits per heavy atom. The molecule has 0 radical (unpaired) electrons. The highest BCUT2D eigenvalue weighted by Crippen LogP contribution is 2.55. The molecule has 16 rings (SSSR count). The average molecular weight is 1760 g/mol. The van der Waals surface area contributed by atoms with Crippen molar-refractivity contribution in [3.63, 3.8) is 0 Å². The van der Waals surface area contributed by atoms with Crippen LogP contribution in [-0.2, 0) is 60.9 Å². The Labute approximate surface area is 708 Å². The van der Waals surface area contributed by atoms with Gasteiger partial charge in [0.15, 0.2) is 63.6 Å². The number of thioether (sulfide) groups is 3. The van der Waals surface area contributed by atoms with E-state index in [0.717, 1.165) is 42.3 Å². The number of aliphatic hydroxyl groups excluding tert-OH is 2. The number of hydrogen-bond acceptors (Lipinski definition) is 37. The number of rotatable bonds is 19. The molecule has 0 spiro atoms. The van der Waals surface area contributed by atoms with E-state index in [0.29, 0.717) is 16.6 Å². The van der Waals surface area contributed by atoms with Crippen molar-refractivity contribution in [2.75, 3.05) is 55.8 Å². The van der Waals surface area contributed by atoms with Crippen molar-refractivity contribution in [2.24, 2.45) is 5.92 Å². The zero-order chi connectivity index (χ0) is 87.8. The molecule has 8 aromatic heterocycles. The topological polar surface area (TPSA) is 552 Å². The summed E-state index contributed by atoms with van der Waals surface area (Å²) < 4.78 is 113. The molecule has 12 heterocycles. The first-order chi connectivity index (χ1) is 58.1. The Morgan fingerprint density at radius 3 is 1.25 bits per heavy atom. The van der Waals surface area contributed by atoms with Crippen molar-refractivity contribution in [1.82, 2.24) is 84.5 Å². The Morgan fingerprint density at radius 1 is 0.496 bits per heavy atom. The SMILES string of the molecule is CC[C@H]1OC(O)(c2cnc3c(N)ncnn23)[C@](C)(F)[C@@H]1C.CSc1nc(N)c2ncc(C3(O)O[C@H](COC(=O)c4ccccc4)[C@@H](OC(=O)c4ccccc4)[C@@]3(C)F)n2n1.CSc1nc(SC)c2ncc([C@]3(O)O[C@H](COC(=O)c4ccccc4)[C@@H](OC(=O)c4ccccc4)[C@@]3(C)F)n2n1.C[C@@]1(F)[C@H](O)[C@@H](CO)O[C@@]1(C#N)c1cnc2c(N)ncnn12.N. The number of nitrogen functional groups attached to an aromatic ring is 3. The fraction of sp³-hybridized carbons (Fsp3) is 0.372. The molecular weight excluding hydrogens is 1680 g/mol. The van der Waals surface area contributed by atoms with E-state index in [-0.39, 0.29) is 96.4 Å². The molecule has 4 fully saturated rings. The summed E-state index contributed by atoms with van der Waals surface area (Å²) in [5.74, 6) is -10.9. The molecule has 648 valence electrons. The van der Waals surface area contributed by atoms with Crippen molar-refractivity contribution < 1.29 is 100 Å². The number of aliphatic hydroxyl groups is 5. The Balaban J connectivity index is 0.000000155. The smallest absolute Gasteiger partial charge is 0.338 e. The molecule has 16 atom stereocenters. The van der Waals surface area contributed by atoms with Crippen LogP contribution >= 0.6 is 35.3 Å². The molecule has 4 aliphatic heterocycles. The maximum absolute atomic E-state index is 16.9. The largest absolute Gasteiger partial charge is 0.459 e. The van der Waals surface area contributed by atoms with Gasteiger partial charge < -0.3 is 86.8 Å². The molecule has 0 amide bonds. The summed E-state index contributed by atoms with van der Waals surface area (Å²) in [5.41, 5.74) is 6.47. The lowest BCUT2D eigenvalue weighted by atomic mass is 9.82. The van der Waals surface area contributed by atoms with Crippen LogP contribution in [0.5, 0.6) is 0 Å². The molecular formula is C78H83F4N21O17S3. The summed E-state index contributed by atoms with van der Waals surface area (Å²) in [4.78, 5) is 83.7. The monoisotopic (exact) mass is 1760 g/mol. The number of nitrogens with zero attached hydrogens (tertiary/aromatic N) is 17. The van der Waals surface area contributed by atoms with Crippen LogP contribution in [0.1, 0.15) is 112 Å². The number of hydrogen-bond donors (Lipinski definition) is 9. The van der Waals surface area contributed by atoms with Crippen LogP contribution < -0.4 is 23.4 Å². The molecule has 0 bridgehead atoms. The lowest BCUT2D eigenvalue weighted by Crippen LogP contribution is -2.51. The van der Waals surface area contributed by atoms with E-state index in [1.165, 1.54) is 100 Å². The Hall–Kier alpha value is -11.8. The maximum Gasteiger partial charge on any atom is 0.338 e. The predicted molar refractivity (Wildman–Crippen MR) is 431 cm³/mol. The Bertz CT molecular complexity index is 5900. The second-order valence-corrected chi connectivity index (χ2v) is 31.0. The van der Waals surface area contributed by atoms with Crippen LogP contribution in [0.3, 0.4) is 0 Å². The van der Waals surface area contributed by atoms with Crippen LogP contribution in [-0.4, -0.2) is 232 Å². The number of imidazole rings is 4. The molecule has 4 saturated heterocycles. The number of fused-ring (bicyclic) bond motifs is 4. The number of carbonyl (C=O) groups excluding carboxylic acids is 4. The molecule has 14 N–H and O–H groups in total. The second kappa shape index (κ2) is 35.6. The van der Waals surface area contributed by atoms with Gasteiger partial charge in [0.25, 0.3) is 11.6 Å². The zero-order valence-corrected chi connectivity index (χ0v) is 69.3. The Kier molecular flexibility index (Phi) is 26.2. The summed E-state index contributed by atoms with van der Waals surface area (Å²) in [5, 5.41) is 80.9. The standard InChI is InChI=1S/C27H25FN4O6S2.C26H24FN5O6S.C13H18FN5O2.C12H13FN6O3.H3N/c1-26(28)20(37-24(34)17-12-8-5-9-13-17)18(15-36-23(33)16-10-6-4-7-11-16)38-27(26,35)19-14-29-21-22(39-2)30-25(40-3)31-32(19)21;1-25(27)19(37-23(34)16-11-7-4-8-12-16)17(14-36-22(33)15-9-5-3-6-10-15)38-26(25,35)18-13-29-21-20(28)30-24(39-2)31-32(18)21;1-4-8-7(2)12(3,14)13(20,21-8)9-5-16-11-10(15)17-6-18-19(9)11;1-11(13)8(21)6(3-20)22-12(11,4-14)7-2-16-10-9(15)17-5-18-19(7)10;/h4-14,18,20,35H,15H2,1-3H3;3-13,17,19,35H,14H2,1-2H3,(H2,28,30,31);5-8,20H,4H2,1-3H3,(H2,15,17,18);2,5-6,8,20-21H,3H2,1H3,(H2,15,17,18);1H3/t18-,20-,26-,27+;17-,19-,25-,26?;7-,8-,12-,13?;6-,8-,11-,12+;/m1111./s1. The van der Waals surface area contributed by atoms with Gasteiger partial charge in [-0.25, -0.2) is 94.7 Å². The lowest BCUT2D eigenvalue weighted by molar-refractivity contribution is -0.256. The van der Waals surface area contributed by atoms with Crippen LogP contribution in [0.4, 0.5) is 35.0 Å². The normalized spacial score (nSPS) is 28.1. The second-order valence-electron chi connectivity index (χ2n) is 28.7. The number of esters is 4. The molecule has 12 aromatic rings. The molecule has 2 unspecified atom stereocenters. The molecule has 0 saturated carbocycles. The van der Waals surface area contributed by atoms with Crippen molar-refractivity contribution in [3.8, 4) is 6.07 Å². The number of benzene rings is 4. The van der Waals surface area contributed by atoms with Gasteiger partial charge in [0.05, 0.1) is 59.8 Å². The summed E-state index contributed by atoms with van der Waals surface area (Å²) >= 11 is 3.74. The third-order valence-corrected chi connectivity index (χ3v) is 23.1. The van der Waals surface area contributed by atoms with E-state index in [9.17, 15) is 50.0 Å². The van der Waals surface area contributed by atoms with Gasteiger partial charge in [-0.1, -0.05) is 110 Å². The third kappa shape index (κ3) is 16.1. The van der Waals surface area contributed by atoms with Gasteiger partial charge in [-0.15, -0.1) is 22.0 Å². The molecule has 4 aliphatic rings. The molecule has 4 aromatic carbocycles. The van der Waals surface area contributed by atoms with Crippen LogP contribution in [0.2, 0.25) is 0 Å². The first-order valence-corrected chi connectivity index (χ1v) is 40.8. The van der Waals surface area contributed by atoms with Crippen LogP contribution in [0.25, 0.3) is 22.6 Å². The lowest BCUT2D eigenvalue weighted by Gasteiger charge is -2.32. The van der Waals surface area contributed by atoms with E-state index in [4.69, 9.17) is 55.1 Å². The highest BCUT2D eigenvalue weighted by Gasteiger charge is 2.71. The number of ether oxygens (including phenoxy) is 8. The predicted octanol–water partition coefficient (Wildman–Crippen LogP) is 6.80. The number of anilines is 3. The quantitative estimate of drug-likeness (QED) is 0.0174. The van der Waals surface area contributed by atoms with Gasteiger partial charge in [-0.05, 0) is 101 Å². The van der Waals surface area contributed by atoms with E-state index in [2.05, 4.69) is 60.3 Å². The van der Waals surface area contributed by atoms with Gasteiger partial charge in [0.1, 0.15) is 84.2 Å². The first kappa shape index (κ1) is 90.5. The minimum Gasteiger partial charge on any atom is -0.459 e. The van der Waals surface area contributed by atoms with Gasteiger partial charge in [0, 0.05) is 5.92 Å². The minimum absolute atomic E-state index is 0. The van der Waals surface area contributed by atoms with Crippen molar-refractivity contribution >= 4 is 99.2 Å². The summed E-state index contributed by atoms with van der Waals surface area (Å²) in [6, 6.07) is 34.1. The number of nitrogens with two attached hydrogens (primary N) is 3. The molecule has 45 heteroatoms. The van der Waals surface area contributed by atoms with Crippen molar-refractivity contribution in [1.29, 1.82) is 5.26 Å². The van der Waals surface area contributed by atoms with Crippen molar-refractivity contribution in [3.05, 3.63) is 204 Å². The number of carbonyl (C=O) groups is 4. The summed E-state index contributed by atoms with van der Waals surface area (Å²) in [6.45, 7) is 6.35. The van der Waals surface area contributed by atoms with Crippen molar-refractivity contribution in [2.45, 2.75) is 152 Å². The molecule has 123 heavy (non-hydrogen) atoms. The number of alkyl halides is 4. The van der Waals surface area contributed by atoms with Crippen LogP contribution in [0.15, 0.2) is 174 Å². The highest BCUT2D eigenvalue weighted by molar-refractivity contribution is 7.99. The maximum atomic E-state index is 16.9. The molecule has 0 aliphatic carbocycles. The summed E-state index contributed by atoms with van der Waals surface area (Å²) in [6.07, 6.45) is 3.63. The van der Waals surface area contributed by atoms with Crippen LogP contribution in [0, 0.1) is 17.2 Å². The number of halogens is 4. The first-order valence-electron chi connectivity index (χ1n) is 37.2. The van der Waals surface area contributed by atoms with Gasteiger partial charge in [0.2, 0.25) is 33.0 Å². The molecule has 38 nitrogen and oxygen atoms in total. The zero-order valence-electron chi connectivity index (χ0n) is 66.9. The van der Waals surface area contributed by atoms with E-state index >= 15 is 17.6 Å². The number of nitriles is 1. The van der Waals surface area contributed by atoms with E-state index < -0.39 is 138 Å². The number of aromatic nitrogens is 16. The fourth-order valence-electron chi connectivity index (χ4n) is 14.3. The fourth-order valence-corrected chi connectivity index (χ4v) is 15.6. The highest BCUT2D eigenvalue weighted by atomic mass is 32.2. The van der Waals surface area contributed by atoms with Gasteiger partial charge in [-0.2, -0.15) is 15.5 Å². The third-order valence-electron chi connectivity index (χ3n) is 21.3. The van der Waals surface area contributed by atoms with Gasteiger partial charge >= 0.3 is 23.9 Å². The average Bonchev–Trinajstić information content (AvgIpc) is 1.58. The minimum atomic E-state index is -2.77. The van der Waals surface area contributed by atoms with E-state index in [1.807, 2.05) is 6.92 Å². The van der Waals surface area contributed by atoms with Gasteiger partial charge in [-0.3, -0.25) is 0 Å². The summed E-state index contributed by atoms with van der Waals surface area (Å²) in [7, 11) is 0. The van der Waals surface area contributed by atoms with E-state index in [1.54, 1.807) is 129 Å².